The number of piperazine rings is 1. The molecule has 0 aliphatic carbocycles. The molecular formula is C20H25N7O4. The molecule has 1 saturated heterocycles. The molecule has 3 N–H and O–H groups in total. The van der Waals surface area contributed by atoms with Crippen molar-refractivity contribution in [2.45, 2.75) is 6.92 Å². The molecule has 0 spiro atoms. The van der Waals surface area contributed by atoms with E-state index in [1.807, 2.05) is 0 Å². The van der Waals surface area contributed by atoms with Gasteiger partial charge < -0.3 is 29.9 Å². The van der Waals surface area contributed by atoms with Gasteiger partial charge >= 0.3 is 0 Å². The first-order chi connectivity index (χ1) is 15.0. The van der Waals surface area contributed by atoms with Gasteiger partial charge in [0.25, 0.3) is 0 Å². The first-order valence-corrected chi connectivity index (χ1v) is 9.86. The number of rotatable bonds is 6. The summed E-state index contributed by atoms with van der Waals surface area (Å²) in [5.74, 6) is 3.03. The Morgan fingerprint density at radius 1 is 1.13 bits per heavy atom. The lowest BCUT2D eigenvalue weighted by Gasteiger charge is -2.34. The summed E-state index contributed by atoms with van der Waals surface area (Å²) < 4.78 is 15.7. The van der Waals surface area contributed by atoms with Crippen LogP contribution in [-0.4, -0.2) is 72.9 Å². The van der Waals surface area contributed by atoms with Crippen LogP contribution in [0.3, 0.4) is 0 Å². The molecule has 11 nitrogen and oxygen atoms in total. The Hall–Kier alpha value is -3.60. The van der Waals surface area contributed by atoms with E-state index in [4.69, 9.17) is 19.7 Å². The van der Waals surface area contributed by atoms with Gasteiger partial charge in [-0.2, -0.15) is 4.98 Å². The van der Waals surface area contributed by atoms with E-state index in [0.717, 1.165) is 0 Å². The first kappa shape index (κ1) is 20.7. The predicted octanol–water partition coefficient (Wildman–Crippen LogP) is 1.29. The highest BCUT2D eigenvalue weighted by atomic mass is 16.5. The van der Waals surface area contributed by atoms with E-state index < -0.39 is 0 Å². The second-order valence-electron chi connectivity index (χ2n) is 7.27. The Balaban J connectivity index is 1.41. The molecule has 0 atom stereocenters. The van der Waals surface area contributed by atoms with E-state index >= 15 is 0 Å². The smallest absolute Gasteiger partial charge is 0.239 e. The van der Waals surface area contributed by atoms with Crippen molar-refractivity contribution in [1.82, 2.24) is 20.0 Å². The van der Waals surface area contributed by atoms with Gasteiger partial charge in [0, 0.05) is 43.7 Å². The van der Waals surface area contributed by atoms with E-state index in [0.29, 0.717) is 71.9 Å². The van der Waals surface area contributed by atoms with E-state index in [9.17, 15) is 4.79 Å². The van der Waals surface area contributed by atoms with Crippen LogP contribution in [0.1, 0.15) is 5.76 Å². The fourth-order valence-corrected chi connectivity index (χ4v) is 3.52. The molecule has 2 aromatic heterocycles. The standard InChI is InChI=1S/C20H25N7O4/c1-12-8-17(25-31-12)23-18(28)11-26-4-6-27(7-5-26)20-22-14-10-16(30-3)15(29-2)9-13(14)19(21)24-20/h8-10H,4-7,11H2,1-3H3,(H2,21,22,24)(H,23,25,28). The van der Waals surface area contributed by atoms with Crippen molar-refractivity contribution >= 4 is 34.4 Å². The molecule has 1 fully saturated rings. The fraction of sp³-hybridized carbons (Fsp3) is 0.400. The van der Waals surface area contributed by atoms with Gasteiger partial charge in [0.2, 0.25) is 11.9 Å². The number of anilines is 3. The van der Waals surface area contributed by atoms with Crippen LogP contribution in [0.4, 0.5) is 17.6 Å². The van der Waals surface area contributed by atoms with E-state index in [1.165, 1.54) is 0 Å². The van der Waals surface area contributed by atoms with Crippen molar-refractivity contribution in [3.05, 3.63) is 24.0 Å². The number of nitrogens with zero attached hydrogens (tertiary/aromatic N) is 5. The van der Waals surface area contributed by atoms with Gasteiger partial charge in [-0.05, 0) is 13.0 Å². The summed E-state index contributed by atoms with van der Waals surface area (Å²) in [5.41, 5.74) is 6.88. The third kappa shape index (κ3) is 4.45. The minimum atomic E-state index is -0.131. The number of benzene rings is 1. The van der Waals surface area contributed by atoms with Crippen molar-refractivity contribution in [3.8, 4) is 11.5 Å². The van der Waals surface area contributed by atoms with Gasteiger partial charge in [0.15, 0.2) is 17.3 Å². The second-order valence-corrected chi connectivity index (χ2v) is 7.27. The van der Waals surface area contributed by atoms with Crippen molar-refractivity contribution in [3.63, 3.8) is 0 Å². The van der Waals surface area contributed by atoms with Crippen LogP contribution in [0.2, 0.25) is 0 Å². The Kier molecular flexibility index (Phi) is 5.76. The number of nitrogen functional groups attached to an aromatic ring is 1. The van der Waals surface area contributed by atoms with Crippen LogP contribution < -0.4 is 25.4 Å². The number of hydrogen-bond acceptors (Lipinski definition) is 10. The molecule has 164 valence electrons. The summed E-state index contributed by atoms with van der Waals surface area (Å²) in [6.45, 7) is 4.79. The molecule has 11 heteroatoms. The van der Waals surface area contributed by atoms with Crippen LogP contribution in [0.5, 0.6) is 11.5 Å². The maximum absolute atomic E-state index is 12.2. The zero-order valence-corrected chi connectivity index (χ0v) is 17.7. The molecule has 3 aromatic rings. The van der Waals surface area contributed by atoms with Gasteiger partial charge in [-0.1, -0.05) is 5.16 Å². The number of nitrogens with one attached hydrogen (secondary N) is 1. The second kappa shape index (κ2) is 8.64. The van der Waals surface area contributed by atoms with Gasteiger partial charge in [-0.15, -0.1) is 0 Å². The average Bonchev–Trinajstić information content (AvgIpc) is 3.17. The number of carbonyl (C=O) groups excluding carboxylic acids is 1. The van der Waals surface area contributed by atoms with Crippen LogP contribution in [0.15, 0.2) is 22.7 Å². The highest BCUT2D eigenvalue weighted by molar-refractivity contribution is 5.92. The molecule has 0 radical (unpaired) electrons. The fourth-order valence-electron chi connectivity index (χ4n) is 3.52. The van der Waals surface area contributed by atoms with Gasteiger partial charge in [-0.25, -0.2) is 4.98 Å². The normalized spacial score (nSPS) is 14.6. The van der Waals surface area contributed by atoms with Crippen LogP contribution in [-0.2, 0) is 4.79 Å². The number of nitrogens with two attached hydrogens (primary N) is 1. The van der Waals surface area contributed by atoms with Gasteiger partial charge in [0.1, 0.15) is 11.6 Å². The number of ether oxygens (including phenoxy) is 2. The summed E-state index contributed by atoms with van der Waals surface area (Å²) in [6, 6.07) is 5.25. The quantitative estimate of drug-likeness (QED) is 0.593. The van der Waals surface area contributed by atoms with Gasteiger partial charge in [0.05, 0.1) is 26.3 Å². The SMILES string of the molecule is COc1cc2nc(N3CCN(CC(=O)Nc4cc(C)on4)CC3)nc(N)c2cc1OC. The number of aromatic nitrogens is 3. The average molecular weight is 427 g/mol. The maximum atomic E-state index is 12.2. The van der Waals surface area contributed by atoms with Crippen LogP contribution in [0.25, 0.3) is 10.9 Å². The zero-order chi connectivity index (χ0) is 22.0. The largest absolute Gasteiger partial charge is 0.493 e. The first-order valence-electron chi connectivity index (χ1n) is 9.86. The third-order valence-corrected chi connectivity index (χ3v) is 5.14. The third-order valence-electron chi connectivity index (χ3n) is 5.14. The van der Waals surface area contributed by atoms with Crippen LogP contribution in [0, 0.1) is 6.92 Å². The molecule has 1 amide bonds. The number of hydrogen-bond donors (Lipinski definition) is 2. The van der Waals surface area contributed by atoms with E-state index in [-0.39, 0.29) is 12.5 Å². The molecule has 0 unspecified atom stereocenters. The summed E-state index contributed by atoms with van der Waals surface area (Å²) in [6.07, 6.45) is 0. The number of aryl methyl sites for hydroxylation is 1. The Bertz CT molecular complexity index is 1090. The minimum absolute atomic E-state index is 0.131. The zero-order valence-electron chi connectivity index (χ0n) is 17.7. The maximum Gasteiger partial charge on any atom is 0.239 e. The highest BCUT2D eigenvalue weighted by Crippen LogP contribution is 2.34. The molecule has 0 bridgehead atoms. The molecule has 3 heterocycles. The molecule has 0 saturated carbocycles. The Labute approximate surface area is 179 Å². The molecule has 31 heavy (non-hydrogen) atoms. The summed E-state index contributed by atoms with van der Waals surface area (Å²) in [4.78, 5) is 25.5. The number of fused-ring (bicyclic) bond motifs is 1. The van der Waals surface area contributed by atoms with Crippen molar-refractivity contribution in [2.75, 3.05) is 62.9 Å². The lowest BCUT2D eigenvalue weighted by Crippen LogP contribution is -2.49. The van der Waals surface area contributed by atoms with E-state index in [2.05, 4.69) is 30.2 Å². The molecule has 1 aromatic carbocycles. The molecule has 1 aliphatic rings. The summed E-state index contributed by atoms with van der Waals surface area (Å²) in [7, 11) is 3.15. The number of carbonyl (C=O) groups is 1. The Morgan fingerprint density at radius 3 is 2.48 bits per heavy atom. The van der Waals surface area contributed by atoms with E-state index in [1.54, 1.807) is 39.3 Å². The summed E-state index contributed by atoms with van der Waals surface area (Å²) >= 11 is 0. The molecule has 1 aliphatic heterocycles. The molecule has 4 rings (SSSR count). The Morgan fingerprint density at radius 2 is 1.84 bits per heavy atom. The van der Waals surface area contributed by atoms with Gasteiger partial charge in [-0.3, -0.25) is 9.69 Å². The van der Waals surface area contributed by atoms with Crippen molar-refractivity contribution in [1.29, 1.82) is 0 Å². The minimum Gasteiger partial charge on any atom is -0.493 e. The monoisotopic (exact) mass is 427 g/mol. The van der Waals surface area contributed by atoms with Crippen molar-refractivity contribution in [2.24, 2.45) is 0 Å². The number of methoxy groups -OCH3 is 2. The summed E-state index contributed by atoms with van der Waals surface area (Å²) in [5, 5.41) is 7.22. The van der Waals surface area contributed by atoms with Crippen LogP contribution >= 0.6 is 0 Å². The molecular weight excluding hydrogens is 402 g/mol. The predicted molar refractivity (Wildman–Crippen MR) is 116 cm³/mol. The lowest BCUT2D eigenvalue weighted by atomic mass is 10.2. The van der Waals surface area contributed by atoms with Crippen molar-refractivity contribution < 1.29 is 18.8 Å². The topological polar surface area (TPSA) is 132 Å². The lowest BCUT2D eigenvalue weighted by molar-refractivity contribution is -0.117. The highest BCUT2D eigenvalue weighted by Gasteiger charge is 2.22. The number of amides is 1.